The fourth-order valence-corrected chi connectivity index (χ4v) is 2.96. The molecule has 152 valence electrons. The van der Waals surface area contributed by atoms with E-state index in [0.29, 0.717) is 16.5 Å². The second-order valence-electron chi connectivity index (χ2n) is 5.70. The number of amides is 1. The first-order valence-corrected chi connectivity index (χ1v) is 9.24. The number of halogens is 3. The zero-order chi connectivity index (χ0) is 20.9. The minimum atomic E-state index is -4.43. The van der Waals surface area contributed by atoms with Crippen LogP contribution in [0.15, 0.2) is 52.1 Å². The lowest BCUT2D eigenvalue weighted by molar-refractivity contribution is -0.137. The van der Waals surface area contributed by atoms with Crippen LogP contribution in [0.25, 0.3) is 0 Å². The summed E-state index contributed by atoms with van der Waals surface area (Å²) in [6, 6.07) is 9.18. The molecule has 0 saturated carbocycles. The first-order valence-electron chi connectivity index (χ1n) is 8.25. The Hall–Kier alpha value is -3.08. The Labute approximate surface area is 167 Å². The third-order valence-electron chi connectivity index (χ3n) is 3.62. The number of carbonyl (C=O) groups is 1. The second kappa shape index (κ2) is 8.95. The summed E-state index contributed by atoms with van der Waals surface area (Å²) >= 11 is 1.14. The van der Waals surface area contributed by atoms with Crippen molar-refractivity contribution < 1.29 is 27.2 Å². The van der Waals surface area contributed by atoms with Crippen molar-refractivity contribution in [1.29, 1.82) is 0 Å². The number of nitrogens with zero attached hydrogens (tertiary/aromatic N) is 3. The molecule has 7 nitrogen and oxygen atoms in total. The Balaban J connectivity index is 1.53. The molecule has 0 bridgehead atoms. The van der Waals surface area contributed by atoms with Crippen LogP contribution in [0, 0.1) is 0 Å². The fourth-order valence-electron chi connectivity index (χ4n) is 2.28. The Kier molecular flexibility index (Phi) is 6.37. The summed E-state index contributed by atoms with van der Waals surface area (Å²) in [5.41, 5.74) is -0.296. The van der Waals surface area contributed by atoms with Gasteiger partial charge in [-0.15, -0.1) is 0 Å². The van der Waals surface area contributed by atoms with Crippen molar-refractivity contribution >= 4 is 23.4 Å². The van der Waals surface area contributed by atoms with E-state index < -0.39 is 11.7 Å². The molecule has 29 heavy (non-hydrogen) atoms. The molecule has 2 aromatic heterocycles. The largest absolute Gasteiger partial charge is 0.495 e. The van der Waals surface area contributed by atoms with Crippen molar-refractivity contribution in [3.63, 3.8) is 0 Å². The van der Waals surface area contributed by atoms with Gasteiger partial charge in [-0.05, 0) is 24.3 Å². The van der Waals surface area contributed by atoms with E-state index in [0.717, 1.165) is 24.0 Å². The molecule has 0 spiro atoms. The highest BCUT2D eigenvalue weighted by Crippen LogP contribution is 2.30. The van der Waals surface area contributed by atoms with Crippen molar-refractivity contribution in [2.75, 3.05) is 12.4 Å². The number of pyridine rings is 1. The first kappa shape index (κ1) is 20.6. The van der Waals surface area contributed by atoms with Crippen LogP contribution in [-0.4, -0.2) is 28.1 Å². The predicted molar refractivity (Wildman–Crippen MR) is 98.4 cm³/mol. The molecule has 11 heteroatoms. The normalized spacial score (nSPS) is 11.3. The SMILES string of the molecule is COc1ccccc1NC(=O)Cc1noc(CSc2ccc(C(F)(F)F)cn2)n1. The van der Waals surface area contributed by atoms with Gasteiger partial charge >= 0.3 is 6.18 Å². The zero-order valence-corrected chi connectivity index (χ0v) is 15.9. The van der Waals surface area contributed by atoms with E-state index >= 15 is 0 Å². The Morgan fingerprint density at radius 3 is 2.72 bits per heavy atom. The van der Waals surface area contributed by atoms with Gasteiger partial charge in [0.05, 0.1) is 35.6 Å². The van der Waals surface area contributed by atoms with E-state index in [1.165, 1.54) is 13.2 Å². The van der Waals surface area contributed by atoms with Crippen molar-refractivity contribution in [3.05, 3.63) is 59.9 Å². The summed E-state index contributed by atoms with van der Waals surface area (Å²) in [5, 5.41) is 6.82. The van der Waals surface area contributed by atoms with Crippen molar-refractivity contribution in [2.45, 2.75) is 23.4 Å². The number of rotatable bonds is 7. The maximum atomic E-state index is 12.5. The van der Waals surface area contributed by atoms with Gasteiger partial charge < -0.3 is 14.6 Å². The summed E-state index contributed by atoms with van der Waals surface area (Å²) in [5.74, 6) is 0.804. The average molecular weight is 424 g/mol. The molecule has 0 radical (unpaired) electrons. The van der Waals surface area contributed by atoms with Gasteiger partial charge in [-0.1, -0.05) is 29.1 Å². The topological polar surface area (TPSA) is 90.1 Å². The van der Waals surface area contributed by atoms with Crippen LogP contribution in [0.4, 0.5) is 18.9 Å². The number of para-hydroxylation sites is 2. The number of hydrogen-bond acceptors (Lipinski definition) is 7. The number of methoxy groups -OCH3 is 1. The zero-order valence-electron chi connectivity index (χ0n) is 15.1. The van der Waals surface area contributed by atoms with E-state index in [9.17, 15) is 18.0 Å². The number of ether oxygens (including phenoxy) is 1. The monoisotopic (exact) mass is 424 g/mol. The molecule has 0 aliphatic rings. The maximum absolute atomic E-state index is 12.5. The van der Waals surface area contributed by atoms with Gasteiger partial charge in [0, 0.05) is 6.20 Å². The molecule has 0 aliphatic carbocycles. The molecule has 3 rings (SSSR count). The Bertz CT molecular complexity index is 977. The van der Waals surface area contributed by atoms with E-state index in [1.807, 2.05) is 0 Å². The number of alkyl halides is 3. The third-order valence-corrected chi connectivity index (χ3v) is 4.55. The molecule has 0 saturated heterocycles. The van der Waals surface area contributed by atoms with Gasteiger partial charge in [-0.2, -0.15) is 18.2 Å². The van der Waals surface area contributed by atoms with Crippen molar-refractivity contribution in [3.8, 4) is 5.75 Å². The van der Waals surface area contributed by atoms with Gasteiger partial charge in [-0.3, -0.25) is 4.79 Å². The molecule has 0 fully saturated rings. The smallest absolute Gasteiger partial charge is 0.417 e. The second-order valence-corrected chi connectivity index (χ2v) is 6.70. The van der Waals surface area contributed by atoms with Gasteiger partial charge in [0.25, 0.3) is 0 Å². The van der Waals surface area contributed by atoms with E-state index in [2.05, 4.69) is 20.4 Å². The Morgan fingerprint density at radius 1 is 1.24 bits per heavy atom. The van der Waals surface area contributed by atoms with Crippen LogP contribution in [0.5, 0.6) is 5.75 Å². The molecule has 3 aromatic rings. The van der Waals surface area contributed by atoms with Crippen LogP contribution >= 0.6 is 11.8 Å². The standard InChI is InChI=1S/C18H15F3N4O3S/c1-27-13-5-3-2-4-12(13)23-15(26)8-14-24-16(28-25-14)10-29-17-7-6-11(9-22-17)18(19,20)21/h2-7,9H,8,10H2,1H3,(H,23,26). The molecule has 1 amide bonds. The third kappa shape index (κ3) is 5.70. The van der Waals surface area contributed by atoms with Gasteiger partial charge in [-0.25, -0.2) is 4.98 Å². The molecule has 2 heterocycles. The summed E-state index contributed by atoms with van der Waals surface area (Å²) in [4.78, 5) is 20.0. The first-order chi connectivity index (χ1) is 13.8. The van der Waals surface area contributed by atoms with Crippen molar-refractivity contribution in [2.24, 2.45) is 0 Å². The number of thioether (sulfide) groups is 1. The number of carbonyl (C=O) groups excluding carboxylic acids is 1. The quantitative estimate of drug-likeness (QED) is 0.574. The number of benzene rings is 1. The minimum absolute atomic E-state index is 0.106. The van der Waals surface area contributed by atoms with Crippen LogP contribution in [0.3, 0.4) is 0 Å². The van der Waals surface area contributed by atoms with Crippen LogP contribution < -0.4 is 10.1 Å². The Morgan fingerprint density at radius 2 is 2.03 bits per heavy atom. The number of aromatic nitrogens is 3. The molecule has 0 aliphatic heterocycles. The molecule has 1 N–H and O–H groups in total. The lowest BCUT2D eigenvalue weighted by Crippen LogP contribution is -2.15. The highest BCUT2D eigenvalue weighted by atomic mass is 32.2. The summed E-state index contributed by atoms with van der Waals surface area (Å²) in [7, 11) is 1.50. The highest BCUT2D eigenvalue weighted by Gasteiger charge is 2.30. The van der Waals surface area contributed by atoms with Crippen LogP contribution in [0.1, 0.15) is 17.3 Å². The number of nitrogens with one attached hydrogen (secondary N) is 1. The number of hydrogen-bond donors (Lipinski definition) is 1. The summed E-state index contributed by atoms with van der Waals surface area (Å²) < 4.78 is 47.8. The van der Waals surface area contributed by atoms with Gasteiger partial charge in [0.15, 0.2) is 5.82 Å². The van der Waals surface area contributed by atoms with E-state index in [1.54, 1.807) is 24.3 Å². The van der Waals surface area contributed by atoms with E-state index in [-0.39, 0.29) is 29.8 Å². The van der Waals surface area contributed by atoms with Gasteiger partial charge in [0.1, 0.15) is 5.75 Å². The molecular formula is C18H15F3N4O3S. The molecule has 1 aromatic carbocycles. The molecule has 0 atom stereocenters. The van der Waals surface area contributed by atoms with Crippen LogP contribution in [0.2, 0.25) is 0 Å². The molecular weight excluding hydrogens is 409 g/mol. The number of anilines is 1. The van der Waals surface area contributed by atoms with Crippen LogP contribution in [-0.2, 0) is 23.1 Å². The van der Waals surface area contributed by atoms with Gasteiger partial charge in [0.2, 0.25) is 11.8 Å². The fraction of sp³-hybridized carbons (Fsp3) is 0.222. The lowest BCUT2D eigenvalue weighted by Gasteiger charge is -2.08. The van der Waals surface area contributed by atoms with E-state index in [4.69, 9.17) is 9.26 Å². The summed E-state index contributed by atoms with van der Waals surface area (Å²) in [6.45, 7) is 0. The maximum Gasteiger partial charge on any atom is 0.417 e. The predicted octanol–water partition coefficient (Wildman–Crippen LogP) is 3.97. The molecule has 0 unspecified atom stereocenters. The highest BCUT2D eigenvalue weighted by molar-refractivity contribution is 7.98. The minimum Gasteiger partial charge on any atom is -0.495 e. The van der Waals surface area contributed by atoms with Crippen molar-refractivity contribution in [1.82, 2.24) is 15.1 Å². The summed E-state index contributed by atoms with van der Waals surface area (Å²) in [6.07, 6.45) is -3.77. The lowest BCUT2D eigenvalue weighted by atomic mass is 10.2. The average Bonchev–Trinajstić information content (AvgIpc) is 3.13.